The summed E-state index contributed by atoms with van der Waals surface area (Å²) >= 11 is 0. The summed E-state index contributed by atoms with van der Waals surface area (Å²) in [5.74, 6) is 3.72. The van der Waals surface area contributed by atoms with Crippen molar-refractivity contribution in [2.75, 3.05) is 23.0 Å². The average Bonchev–Trinajstić information content (AvgIpc) is 3.12. The van der Waals surface area contributed by atoms with E-state index < -0.39 is 21.3 Å². The first-order valence-electron chi connectivity index (χ1n) is 9.14. The largest absolute Gasteiger partial charge is 0.748 e. The highest BCUT2D eigenvalue weighted by Crippen LogP contribution is 2.64. The molecule has 144 valence electrons. The van der Waals surface area contributed by atoms with E-state index in [1.165, 1.54) is 24.3 Å². The predicted octanol–water partition coefficient (Wildman–Crippen LogP) is 2.30. The zero-order valence-electron chi connectivity index (χ0n) is 15.5. The van der Waals surface area contributed by atoms with Crippen LogP contribution in [0, 0.1) is 16.7 Å². The van der Waals surface area contributed by atoms with Gasteiger partial charge in [0.1, 0.15) is 17.3 Å². The lowest BCUT2D eigenvalue weighted by molar-refractivity contribution is -0.128. The second kappa shape index (κ2) is 7.69. The number of hydrogen-bond donors (Lipinski definition) is 0. The zero-order chi connectivity index (χ0) is 18.9. The third-order valence-corrected chi connectivity index (χ3v) is 9.75. The summed E-state index contributed by atoms with van der Waals surface area (Å²) in [6.07, 6.45) is 5.34. The molecule has 3 fully saturated rings. The monoisotopic (exact) mass is 390 g/mol. The second-order valence-corrected chi connectivity index (χ2v) is 11.9. The van der Waals surface area contributed by atoms with Gasteiger partial charge in [0.05, 0.1) is 15.9 Å². The van der Waals surface area contributed by atoms with E-state index in [1.807, 2.05) is 20.8 Å². The van der Waals surface area contributed by atoms with Gasteiger partial charge in [-0.3, -0.25) is 9.59 Å². The maximum atomic E-state index is 11.8. The number of hydrogen-bond acceptors (Lipinski definition) is 5. The molecular formula is C18H30O5S2. The van der Waals surface area contributed by atoms with Gasteiger partial charge in [-0.25, -0.2) is 8.42 Å². The van der Waals surface area contributed by atoms with E-state index in [1.54, 1.807) is 0 Å². The van der Waals surface area contributed by atoms with E-state index >= 15 is 0 Å². The maximum absolute atomic E-state index is 11.8. The molecule has 0 aromatic heterocycles. The minimum Gasteiger partial charge on any atom is -0.748 e. The van der Waals surface area contributed by atoms with Crippen molar-refractivity contribution in [1.29, 1.82) is 0 Å². The molecule has 0 spiro atoms. The van der Waals surface area contributed by atoms with Crippen LogP contribution in [0.3, 0.4) is 0 Å². The molecule has 1 aliphatic heterocycles. The first-order valence-corrected chi connectivity index (χ1v) is 12.5. The Labute approximate surface area is 154 Å². The third kappa shape index (κ3) is 4.48. The molecular weight excluding hydrogens is 360 g/mol. The SMILES string of the molecule is CC1(C)C2CCC1(CS(=O)(=O)[O-])C(=O)C2.CCC(=O)C[S+]1CCCC1. The minimum atomic E-state index is -4.33. The van der Waals surface area contributed by atoms with Crippen molar-refractivity contribution in [2.45, 2.75) is 59.3 Å². The van der Waals surface area contributed by atoms with Gasteiger partial charge in [0, 0.05) is 18.3 Å². The Morgan fingerprint density at radius 1 is 1.28 bits per heavy atom. The van der Waals surface area contributed by atoms with E-state index in [9.17, 15) is 22.6 Å². The summed E-state index contributed by atoms with van der Waals surface area (Å²) in [7, 11) is -3.83. The summed E-state index contributed by atoms with van der Waals surface area (Å²) in [5, 5.41) is 0. The Balaban J connectivity index is 0.000000196. The van der Waals surface area contributed by atoms with Gasteiger partial charge < -0.3 is 4.55 Å². The average molecular weight is 391 g/mol. The summed E-state index contributed by atoms with van der Waals surface area (Å²) < 4.78 is 32.7. The van der Waals surface area contributed by atoms with Crippen LogP contribution in [0.5, 0.6) is 0 Å². The summed E-state index contributed by atoms with van der Waals surface area (Å²) in [5.41, 5.74) is -1.22. The van der Waals surface area contributed by atoms with E-state index in [0.717, 1.165) is 18.6 Å². The van der Waals surface area contributed by atoms with Crippen molar-refractivity contribution in [3.05, 3.63) is 0 Å². The first kappa shape index (κ1) is 20.9. The van der Waals surface area contributed by atoms with Crippen LogP contribution in [0.25, 0.3) is 0 Å². The van der Waals surface area contributed by atoms with Crippen LogP contribution in [0.1, 0.15) is 59.3 Å². The molecule has 2 bridgehead atoms. The Kier molecular flexibility index (Phi) is 6.43. The molecule has 2 saturated carbocycles. The predicted molar refractivity (Wildman–Crippen MR) is 99.6 cm³/mol. The first-order chi connectivity index (χ1) is 11.5. The van der Waals surface area contributed by atoms with Gasteiger partial charge in [-0.15, -0.1) is 0 Å². The Morgan fingerprint density at radius 2 is 1.88 bits per heavy atom. The van der Waals surface area contributed by atoms with Crippen LogP contribution < -0.4 is 0 Å². The van der Waals surface area contributed by atoms with E-state index in [0.29, 0.717) is 29.5 Å². The molecule has 0 N–H and O–H groups in total. The maximum Gasteiger partial charge on any atom is 0.181 e. The van der Waals surface area contributed by atoms with Gasteiger partial charge in [0.15, 0.2) is 11.5 Å². The summed E-state index contributed by atoms with van der Waals surface area (Å²) in [6.45, 7) is 5.79. The lowest BCUT2D eigenvalue weighted by Gasteiger charge is -2.37. The fourth-order valence-corrected chi connectivity index (χ4v) is 8.26. The van der Waals surface area contributed by atoms with Crippen molar-refractivity contribution in [1.82, 2.24) is 0 Å². The molecule has 3 rings (SSSR count). The number of carbonyl (C=O) groups excluding carboxylic acids is 2. The highest BCUT2D eigenvalue weighted by molar-refractivity contribution is 7.97. The molecule has 3 aliphatic rings. The van der Waals surface area contributed by atoms with E-state index in [2.05, 4.69) is 0 Å². The van der Waals surface area contributed by atoms with E-state index in [4.69, 9.17) is 0 Å². The Hall–Kier alpha value is -0.400. The normalized spacial score (nSPS) is 31.0. The second-order valence-electron chi connectivity index (χ2n) is 8.13. The van der Waals surface area contributed by atoms with Crippen molar-refractivity contribution < 1.29 is 22.6 Å². The number of ketones is 2. The molecule has 2 aliphatic carbocycles. The Bertz CT molecular complexity index is 619. The standard InChI is InChI=1S/C10H16O4S.C8H15OS/c1-9(2)7-3-4-10(9,8(11)5-7)6-15(12,13)14;1-2-8(9)7-10-5-3-4-6-10/h7H,3-6H2,1-2H3,(H,12,13,14);2-7H2,1H3/q;+1/p-1. The lowest BCUT2D eigenvalue weighted by Crippen LogP contribution is -2.42. The van der Waals surface area contributed by atoms with Crippen molar-refractivity contribution in [3.63, 3.8) is 0 Å². The molecule has 7 heteroatoms. The van der Waals surface area contributed by atoms with Gasteiger partial charge in [0.25, 0.3) is 0 Å². The van der Waals surface area contributed by atoms with Crippen LogP contribution in [0.4, 0.5) is 0 Å². The van der Waals surface area contributed by atoms with Crippen molar-refractivity contribution in [2.24, 2.45) is 16.7 Å². The van der Waals surface area contributed by atoms with Crippen LogP contribution in [0.2, 0.25) is 0 Å². The highest BCUT2D eigenvalue weighted by Gasteiger charge is 2.64. The number of carbonyl (C=O) groups is 2. The fourth-order valence-electron chi connectivity index (χ4n) is 4.60. The third-order valence-electron chi connectivity index (χ3n) is 6.44. The van der Waals surface area contributed by atoms with Crippen LogP contribution >= 0.6 is 0 Å². The smallest absolute Gasteiger partial charge is 0.181 e. The number of rotatable bonds is 5. The van der Waals surface area contributed by atoms with Crippen molar-refractivity contribution in [3.8, 4) is 0 Å². The molecule has 5 nitrogen and oxygen atoms in total. The van der Waals surface area contributed by atoms with Crippen LogP contribution in [0.15, 0.2) is 0 Å². The summed E-state index contributed by atoms with van der Waals surface area (Å²) in [6, 6.07) is 0. The highest BCUT2D eigenvalue weighted by atomic mass is 32.2. The zero-order valence-corrected chi connectivity index (χ0v) is 17.1. The number of Topliss-reactive ketones (excluding diaryl/α,β-unsaturated/α-hetero) is 2. The van der Waals surface area contributed by atoms with Crippen molar-refractivity contribution >= 4 is 32.6 Å². The number of fused-ring (bicyclic) bond motifs is 2. The molecule has 2 unspecified atom stereocenters. The van der Waals surface area contributed by atoms with Gasteiger partial charge >= 0.3 is 0 Å². The Morgan fingerprint density at radius 3 is 2.28 bits per heavy atom. The molecule has 0 aromatic rings. The minimum absolute atomic E-state index is 0.0248. The van der Waals surface area contributed by atoms with Crippen LogP contribution in [-0.4, -0.2) is 47.5 Å². The molecule has 1 heterocycles. The topological polar surface area (TPSA) is 91.3 Å². The molecule has 2 atom stereocenters. The summed E-state index contributed by atoms with van der Waals surface area (Å²) in [4.78, 5) is 22.8. The van der Waals surface area contributed by atoms with E-state index in [-0.39, 0.29) is 17.1 Å². The van der Waals surface area contributed by atoms with Gasteiger partial charge in [0.2, 0.25) is 0 Å². The molecule has 0 radical (unpaired) electrons. The molecule has 0 amide bonds. The van der Waals surface area contributed by atoms with Crippen LogP contribution in [-0.2, 0) is 30.6 Å². The van der Waals surface area contributed by atoms with Gasteiger partial charge in [-0.2, -0.15) is 0 Å². The molecule has 1 saturated heterocycles. The fraction of sp³-hybridized carbons (Fsp3) is 0.889. The van der Waals surface area contributed by atoms with Gasteiger partial charge in [-0.05, 0) is 47.9 Å². The lowest BCUT2D eigenvalue weighted by atomic mass is 9.70. The molecule has 25 heavy (non-hydrogen) atoms. The molecule has 0 aromatic carbocycles. The quantitative estimate of drug-likeness (QED) is 0.531. The van der Waals surface area contributed by atoms with Gasteiger partial charge in [-0.1, -0.05) is 20.8 Å².